The number of rotatable bonds is 12. The van der Waals surface area contributed by atoms with Gasteiger partial charge in [-0.3, -0.25) is 9.59 Å². The molecule has 7 heteroatoms. The lowest BCUT2D eigenvalue weighted by Crippen LogP contribution is -2.48. The van der Waals surface area contributed by atoms with Crippen LogP contribution in [-0.2, 0) is 11.2 Å². The zero-order valence-corrected chi connectivity index (χ0v) is 19.6. The largest absolute Gasteiger partial charge is 0.390 e. The van der Waals surface area contributed by atoms with Gasteiger partial charge in [0.05, 0.1) is 12.1 Å². The third-order valence-electron chi connectivity index (χ3n) is 5.81. The SMILES string of the molecule is CCCNCC(O)C(Cc1ccccc1)NC(=O)c1cc(NCC)cc(N2CCCC2=O)c1. The molecule has 0 aromatic heterocycles. The quantitative estimate of drug-likeness (QED) is 0.372. The molecule has 1 aliphatic rings. The van der Waals surface area contributed by atoms with Gasteiger partial charge in [0.2, 0.25) is 5.91 Å². The van der Waals surface area contributed by atoms with Gasteiger partial charge in [-0.15, -0.1) is 0 Å². The Hall–Kier alpha value is -2.90. The Morgan fingerprint density at radius 2 is 1.94 bits per heavy atom. The van der Waals surface area contributed by atoms with Crippen LogP contribution in [0.3, 0.4) is 0 Å². The number of carbonyl (C=O) groups is 2. The maximum Gasteiger partial charge on any atom is 0.251 e. The smallest absolute Gasteiger partial charge is 0.251 e. The van der Waals surface area contributed by atoms with Crippen molar-refractivity contribution in [2.75, 3.05) is 36.4 Å². The van der Waals surface area contributed by atoms with E-state index in [0.29, 0.717) is 38.0 Å². The predicted molar refractivity (Wildman–Crippen MR) is 133 cm³/mol. The van der Waals surface area contributed by atoms with Crippen molar-refractivity contribution < 1.29 is 14.7 Å². The summed E-state index contributed by atoms with van der Waals surface area (Å²) in [4.78, 5) is 27.3. The fourth-order valence-electron chi connectivity index (χ4n) is 4.10. The normalized spacial score (nSPS) is 15.4. The van der Waals surface area contributed by atoms with E-state index in [1.807, 2.05) is 43.3 Å². The molecule has 0 saturated carbocycles. The molecule has 2 amide bonds. The van der Waals surface area contributed by atoms with Gasteiger partial charge in [0.15, 0.2) is 0 Å². The van der Waals surface area contributed by atoms with Crippen LogP contribution in [0, 0.1) is 0 Å². The first-order valence-corrected chi connectivity index (χ1v) is 11.9. The second-order valence-electron chi connectivity index (χ2n) is 8.49. The lowest BCUT2D eigenvalue weighted by atomic mass is 10.00. The summed E-state index contributed by atoms with van der Waals surface area (Å²) in [5.74, 6) is -0.187. The van der Waals surface area contributed by atoms with Crippen molar-refractivity contribution in [3.8, 4) is 0 Å². The molecule has 0 spiro atoms. The molecule has 0 aliphatic carbocycles. The van der Waals surface area contributed by atoms with E-state index < -0.39 is 12.1 Å². The summed E-state index contributed by atoms with van der Waals surface area (Å²) in [7, 11) is 0. The van der Waals surface area contributed by atoms with Gasteiger partial charge in [0.1, 0.15) is 0 Å². The Balaban J connectivity index is 1.82. The highest BCUT2D eigenvalue weighted by Crippen LogP contribution is 2.26. The van der Waals surface area contributed by atoms with E-state index >= 15 is 0 Å². The van der Waals surface area contributed by atoms with E-state index in [-0.39, 0.29) is 11.8 Å². The number of nitrogens with one attached hydrogen (secondary N) is 3. The molecule has 4 N–H and O–H groups in total. The number of hydrogen-bond donors (Lipinski definition) is 4. The first kappa shape index (κ1) is 24.7. The zero-order valence-electron chi connectivity index (χ0n) is 19.6. The van der Waals surface area contributed by atoms with Crippen LogP contribution in [0.2, 0.25) is 0 Å². The highest BCUT2D eigenvalue weighted by Gasteiger charge is 2.25. The van der Waals surface area contributed by atoms with Crippen LogP contribution in [0.25, 0.3) is 0 Å². The molecular weight excluding hydrogens is 416 g/mol. The van der Waals surface area contributed by atoms with Crippen LogP contribution in [0.4, 0.5) is 11.4 Å². The van der Waals surface area contributed by atoms with Gasteiger partial charge in [0.25, 0.3) is 5.91 Å². The molecule has 0 bridgehead atoms. The molecule has 0 radical (unpaired) electrons. The van der Waals surface area contributed by atoms with Crippen LogP contribution in [0.5, 0.6) is 0 Å². The summed E-state index contributed by atoms with van der Waals surface area (Å²) >= 11 is 0. The van der Waals surface area contributed by atoms with Gasteiger partial charge >= 0.3 is 0 Å². The fraction of sp³-hybridized carbons (Fsp3) is 0.462. The number of carbonyl (C=O) groups excluding carboxylic acids is 2. The molecule has 33 heavy (non-hydrogen) atoms. The molecule has 7 nitrogen and oxygen atoms in total. The van der Waals surface area contributed by atoms with Gasteiger partial charge < -0.3 is 26.0 Å². The average molecular weight is 453 g/mol. The Bertz CT molecular complexity index is 919. The van der Waals surface area contributed by atoms with Crippen molar-refractivity contribution in [3.05, 3.63) is 59.7 Å². The minimum absolute atomic E-state index is 0.0781. The summed E-state index contributed by atoms with van der Waals surface area (Å²) in [5.41, 5.74) is 3.03. The molecular formula is C26H36N4O3. The maximum absolute atomic E-state index is 13.3. The Labute approximate surface area is 196 Å². The summed E-state index contributed by atoms with van der Waals surface area (Å²) < 4.78 is 0. The predicted octanol–water partition coefficient (Wildman–Crippen LogP) is 2.95. The average Bonchev–Trinajstić information content (AvgIpc) is 3.25. The lowest BCUT2D eigenvalue weighted by molar-refractivity contribution is -0.117. The van der Waals surface area contributed by atoms with Crippen LogP contribution in [0.1, 0.15) is 49.0 Å². The molecule has 1 aliphatic heterocycles. The van der Waals surface area contributed by atoms with E-state index in [0.717, 1.165) is 36.3 Å². The van der Waals surface area contributed by atoms with E-state index in [1.165, 1.54) is 0 Å². The summed E-state index contributed by atoms with van der Waals surface area (Å²) in [5, 5.41) is 20.4. The van der Waals surface area contributed by atoms with Crippen molar-refractivity contribution in [1.82, 2.24) is 10.6 Å². The summed E-state index contributed by atoms with van der Waals surface area (Å²) in [6.07, 6.45) is 2.10. The number of nitrogens with zero attached hydrogens (tertiary/aromatic N) is 1. The maximum atomic E-state index is 13.3. The first-order chi connectivity index (χ1) is 16.0. The molecule has 3 rings (SSSR count). The molecule has 2 aromatic rings. The minimum Gasteiger partial charge on any atom is -0.390 e. The molecule has 1 heterocycles. The number of hydrogen-bond acceptors (Lipinski definition) is 5. The fourth-order valence-corrected chi connectivity index (χ4v) is 4.10. The third-order valence-corrected chi connectivity index (χ3v) is 5.81. The van der Waals surface area contributed by atoms with Gasteiger partial charge in [-0.05, 0) is 56.5 Å². The number of aliphatic hydroxyl groups is 1. The van der Waals surface area contributed by atoms with Crippen molar-refractivity contribution in [2.45, 2.75) is 51.7 Å². The van der Waals surface area contributed by atoms with Crippen molar-refractivity contribution >= 4 is 23.2 Å². The van der Waals surface area contributed by atoms with Crippen LogP contribution in [0.15, 0.2) is 48.5 Å². The Kier molecular flexibility index (Phi) is 9.27. The Morgan fingerprint density at radius 1 is 1.15 bits per heavy atom. The van der Waals surface area contributed by atoms with Crippen LogP contribution < -0.4 is 20.9 Å². The van der Waals surface area contributed by atoms with E-state index in [1.54, 1.807) is 17.0 Å². The van der Waals surface area contributed by atoms with Crippen LogP contribution >= 0.6 is 0 Å². The third kappa shape index (κ3) is 7.04. The second-order valence-corrected chi connectivity index (χ2v) is 8.49. The summed E-state index contributed by atoms with van der Waals surface area (Å²) in [6.45, 7) is 6.63. The second kappa shape index (κ2) is 12.4. The van der Waals surface area contributed by atoms with Gasteiger partial charge in [0, 0.05) is 43.0 Å². The van der Waals surface area contributed by atoms with E-state index in [4.69, 9.17) is 0 Å². The molecule has 178 valence electrons. The van der Waals surface area contributed by atoms with Crippen LogP contribution in [-0.4, -0.2) is 55.2 Å². The van der Waals surface area contributed by atoms with E-state index in [2.05, 4.69) is 22.9 Å². The van der Waals surface area contributed by atoms with Crippen molar-refractivity contribution in [2.24, 2.45) is 0 Å². The molecule has 1 fully saturated rings. The number of aliphatic hydroxyl groups excluding tert-OH is 1. The van der Waals surface area contributed by atoms with Crippen molar-refractivity contribution in [1.29, 1.82) is 0 Å². The number of anilines is 2. The first-order valence-electron chi connectivity index (χ1n) is 11.9. The molecule has 1 saturated heterocycles. The highest BCUT2D eigenvalue weighted by molar-refractivity contribution is 6.00. The summed E-state index contributed by atoms with van der Waals surface area (Å²) in [6, 6.07) is 14.9. The van der Waals surface area contributed by atoms with Gasteiger partial charge in [-0.25, -0.2) is 0 Å². The highest BCUT2D eigenvalue weighted by atomic mass is 16.3. The van der Waals surface area contributed by atoms with Crippen molar-refractivity contribution in [3.63, 3.8) is 0 Å². The number of benzene rings is 2. The van der Waals surface area contributed by atoms with E-state index in [9.17, 15) is 14.7 Å². The van der Waals surface area contributed by atoms with Gasteiger partial charge in [-0.1, -0.05) is 37.3 Å². The Morgan fingerprint density at radius 3 is 2.61 bits per heavy atom. The standard InChI is InChI=1S/C26H36N4O3/c1-3-12-27-18-24(31)23(14-19-9-6-5-7-10-19)29-26(33)20-15-21(28-4-2)17-22(16-20)30-13-8-11-25(30)32/h5-7,9-10,15-17,23-24,27-28,31H,3-4,8,11-14,18H2,1-2H3,(H,29,33). The molecule has 2 unspecified atom stereocenters. The lowest BCUT2D eigenvalue weighted by Gasteiger charge is -2.25. The molecule has 2 atom stereocenters. The minimum atomic E-state index is -0.739. The topological polar surface area (TPSA) is 93.7 Å². The number of amides is 2. The monoisotopic (exact) mass is 452 g/mol. The zero-order chi connectivity index (χ0) is 23.6. The van der Waals surface area contributed by atoms with Gasteiger partial charge in [-0.2, -0.15) is 0 Å². The molecule has 2 aromatic carbocycles.